The van der Waals surface area contributed by atoms with Crippen molar-refractivity contribution in [1.82, 2.24) is 0 Å². The molecule has 0 N–H and O–H groups in total. The average molecular weight is 328 g/mol. The lowest BCUT2D eigenvalue weighted by Crippen LogP contribution is -2.38. The van der Waals surface area contributed by atoms with Gasteiger partial charge in [0.15, 0.2) is 0 Å². The lowest BCUT2D eigenvalue weighted by Gasteiger charge is -2.27. The molecule has 1 aromatic carbocycles. The van der Waals surface area contributed by atoms with Crippen LogP contribution >= 0.6 is 0 Å². The van der Waals surface area contributed by atoms with Gasteiger partial charge in [-0.3, -0.25) is 4.58 Å². The maximum atomic E-state index is 4.25. The molecule has 0 bridgehead atoms. The van der Waals surface area contributed by atoms with Crippen LogP contribution in [0.25, 0.3) is 0 Å². The molecule has 0 saturated heterocycles. The lowest BCUT2D eigenvalue weighted by molar-refractivity contribution is -0.418. The smallest absolute Gasteiger partial charge is 0.147 e. The molecule has 0 atom stereocenters. The quantitative estimate of drug-likeness (QED) is 0.438. The maximum Gasteiger partial charge on any atom is 0.147 e. The summed E-state index contributed by atoms with van der Waals surface area (Å²) in [4.78, 5) is 0. The van der Waals surface area contributed by atoms with Gasteiger partial charge in [0, 0.05) is 0 Å². The highest BCUT2D eigenvalue weighted by Crippen LogP contribution is 2.28. The molecule has 0 radical (unpaired) electrons. The highest BCUT2D eigenvalue weighted by Gasteiger charge is 2.25. The van der Waals surface area contributed by atoms with Gasteiger partial charge in [0.2, 0.25) is 0 Å². The van der Waals surface area contributed by atoms with Crippen molar-refractivity contribution in [2.75, 3.05) is 0 Å². The third kappa shape index (κ3) is 3.53. The van der Waals surface area contributed by atoms with Crippen molar-refractivity contribution < 1.29 is 4.58 Å². The second-order valence-electron chi connectivity index (χ2n) is 8.30. The zero-order valence-corrected chi connectivity index (χ0v) is 17.1. The molecule has 0 spiro atoms. The van der Waals surface area contributed by atoms with Gasteiger partial charge in [0.25, 0.3) is 0 Å². The summed E-state index contributed by atoms with van der Waals surface area (Å²) in [5.41, 5.74) is 2.64. The summed E-state index contributed by atoms with van der Waals surface area (Å²) < 4.78 is 2.06. The first-order valence-electron chi connectivity index (χ1n) is 7.99. The van der Waals surface area contributed by atoms with E-state index in [-0.39, 0.29) is 0 Å². The van der Waals surface area contributed by atoms with Gasteiger partial charge >= 0.3 is 0 Å². The van der Waals surface area contributed by atoms with Gasteiger partial charge in [-0.15, -0.1) is 12.1 Å². The van der Waals surface area contributed by atoms with E-state index in [2.05, 4.69) is 94.0 Å². The molecule has 1 aliphatic heterocycles. The number of benzene rings is 1. The van der Waals surface area contributed by atoms with Gasteiger partial charge < -0.3 is 0 Å². The molecule has 2 rings (SSSR count). The van der Waals surface area contributed by atoms with Crippen LogP contribution in [0.4, 0.5) is 0 Å². The standard InChI is InChI=1S/C19H29NSi2/c1-15-9-10-16(21(3,4)5)13-18(15)19-12-11-17(14-20(19)2)22(6,7)8/h9-14H,2H2,1,3-8H3. The Morgan fingerprint density at radius 3 is 2.14 bits per heavy atom. The van der Waals surface area contributed by atoms with Gasteiger partial charge in [-0.05, 0) is 11.6 Å². The normalized spacial score (nSPS) is 16.0. The van der Waals surface area contributed by atoms with Gasteiger partial charge in [-0.25, -0.2) is 0 Å². The minimum Gasteiger partial charge on any atom is -0.255 e. The molecule has 0 aromatic heterocycles. The highest BCUT2D eigenvalue weighted by atomic mass is 28.3. The third-order valence-corrected chi connectivity index (χ3v) is 8.34. The SMILES string of the molecule is C=[N+]1C=C([Si](C)(C)C)C=C[C-]1c1cc([Si](C)(C)C)ccc1C. The number of allylic oxidation sites excluding steroid dienone is 2. The fourth-order valence-corrected chi connectivity index (χ4v) is 4.88. The van der Waals surface area contributed by atoms with Crippen molar-refractivity contribution in [3.63, 3.8) is 0 Å². The molecule has 0 aliphatic carbocycles. The molecule has 0 saturated carbocycles. The van der Waals surface area contributed by atoms with Gasteiger partial charge in [0.05, 0.1) is 22.9 Å². The van der Waals surface area contributed by atoms with E-state index in [9.17, 15) is 0 Å². The van der Waals surface area contributed by atoms with Crippen molar-refractivity contribution >= 4 is 28.1 Å². The molecule has 1 nitrogen and oxygen atoms in total. The van der Waals surface area contributed by atoms with Crippen molar-refractivity contribution in [3.05, 3.63) is 58.9 Å². The predicted octanol–water partition coefficient (Wildman–Crippen LogP) is 4.46. The Hall–Kier alpha value is -1.33. The summed E-state index contributed by atoms with van der Waals surface area (Å²) in [5.74, 6) is 0. The van der Waals surface area contributed by atoms with Crippen LogP contribution in [0.1, 0.15) is 11.1 Å². The van der Waals surface area contributed by atoms with Crippen molar-refractivity contribution in [1.29, 1.82) is 0 Å². The molecule has 0 amide bonds. The highest BCUT2D eigenvalue weighted by molar-refractivity contribution is 6.88. The first-order chi connectivity index (χ1) is 10.00. The molecule has 1 heterocycles. The fraction of sp³-hybridized carbons (Fsp3) is 0.368. The van der Waals surface area contributed by atoms with Crippen LogP contribution in [0.3, 0.4) is 0 Å². The zero-order chi connectivity index (χ0) is 16.7. The Kier molecular flexibility index (Phi) is 4.42. The van der Waals surface area contributed by atoms with E-state index in [0.29, 0.717) is 0 Å². The van der Waals surface area contributed by atoms with Gasteiger partial charge in [0.1, 0.15) is 12.2 Å². The molecular weight excluding hydrogens is 298 g/mol. The lowest BCUT2D eigenvalue weighted by atomic mass is 9.99. The Labute approximate surface area is 138 Å². The molecule has 1 aromatic rings. The monoisotopic (exact) mass is 327 g/mol. The summed E-state index contributed by atoms with van der Waals surface area (Å²) in [6.45, 7) is 20.8. The summed E-state index contributed by atoms with van der Waals surface area (Å²) in [6, 6.07) is 8.15. The van der Waals surface area contributed by atoms with Crippen molar-refractivity contribution in [2.24, 2.45) is 0 Å². The number of rotatable bonds is 3. The van der Waals surface area contributed by atoms with Crippen molar-refractivity contribution in [2.45, 2.75) is 46.2 Å². The third-order valence-electron chi connectivity index (χ3n) is 4.27. The molecular formula is C19H29NSi2. The minimum atomic E-state index is -1.30. The summed E-state index contributed by atoms with van der Waals surface area (Å²) in [6.07, 6.45) is 6.77. The van der Waals surface area contributed by atoms with Crippen LogP contribution in [0.2, 0.25) is 39.3 Å². The van der Waals surface area contributed by atoms with E-state index in [0.717, 1.165) is 0 Å². The minimum absolute atomic E-state index is 1.21. The maximum absolute atomic E-state index is 4.25. The van der Waals surface area contributed by atoms with Crippen LogP contribution in [0.5, 0.6) is 0 Å². The first kappa shape index (κ1) is 17.0. The molecule has 118 valence electrons. The second kappa shape index (κ2) is 5.71. The Morgan fingerprint density at radius 1 is 1.00 bits per heavy atom. The van der Waals surface area contributed by atoms with E-state index in [1.165, 1.54) is 27.6 Å². The van der Waals surface area contributed by atoms with E-state index in [1.807, 2.05) is 0 Å². The first-order valence-corrected chi connectivity index (χ1v) is 15.0. The number of aryl methyl sites for hydroxylation is 1. The average Bonchev–Trinajstić information content (AvgIpc) is 2.37. The second-order valence-corrected chi connectivity index (χ2v) is 18.5. The molecule has 1 aliphatic rings. The van der Waals surface area contributed by atoms with E-state index < -0.39 is 16.1 Å². The van der Waals surface area contributed by atoms with E-state index >= 15 is 0 Å². The Bertz CT molecular complexity index is 655. The summed E-state index contributed by atoms with van der Waals surface area (Å²) in [7, 11) is -2.60. The van der Waals surface area contributed by atoms with Crippen LogP contribution in [0.15, 0.2) is 41.7 Å². The van der Waals surface area contributed by atoms with E-state index in [4.69, 9.17) is 0 Å². The van der Waals surface area contributed by atoms with Crippen LogP contribution in [0, 0.1) is 13.0 Å². The van der Waals surface area contributed by atoms with E-state index in [1.54, 1.807) is 0 Å². The number of hydrogen-bond donors (Lipinski definition) is 0. The van der Waals surface area contributed by atoms with Gasteiger partial charge in [-0.1, -0.05) is 74.3 Å². The molecule has 0 unspecified atom stereocenters. The Morgan fingerprint density at radius 2 is 1.64 bits per heavy atom. The van der Waals surface area contributed by atoms with Crippen LogP contribution in [-0.2, 0) is 0 Å². The summed E-state index contributed by atoms with van der Waals surface area (Å²) in [5, 5.41) is 2.95. The van der Waals surface area contributed by atoms with Crippen LogP contribution < -0.4 is 5.19 Å². The topological polar surface area (TPSA) is 3.01 Å². The largest absolute Gasteiger partial charge is 0.255 e. The molecule has 22 heavy (non-hydrogen) atoms. The van der Waals surface area contributed by atoms with Crippen molar-refractivity contribution in [3.8, 4) is 0 Å². The molecule has 3 heteroatoms. The predicted molar refractivity (Wildman–Crippen MR) is 104 cm³/mol. The summed E-state index contributed by atoms with van der Waals surface area (Å²) >= 11 is 0. The molecule has 0 fully saturated rings. The number of hydrogen-bond acceptors (Lipinski definition) is 0. The Balaban J connectivity index is 2.41. The van der Waals surface area contributed by atoms with Gasteiger partial charge in [-0.2, -0.15) is 0 Å². The fourth-order valence-electron chi connectivity index (χ4n) is 2.60. The number of nitrogens with zero attached hydrogens (tertiary/aromatic N) is 1. The zero-order valence-electron chi connectivity index (χ0n) is 15.1. The van der Waals surface area contributed by atoms with Crippen LogP contribution in [-0.4, -0.2) is 27.4 Å².